The molecule has 0 rings (SSSR count). The van der Waals surface area contributed by atoms with Gasteiger partial charge in [0.1, 0.15) is 24.2 Å². The second-order valence-corrected chi connectivity index (χ2v) is 7.69. The zero-order valence-electron chi connectivity index (χ0n) is 19.1. The summed E-state index contributed by atoms with van der Waals surface area (Å²) in [6.07, 6.45) is 0.616. The number of hydrogen-bond acceptors (Lipinski definition) is 8. The Balaban J connectivity index is 5.12. The van der Waals surface area contributed by atoms with E-state index >= 15 is 0 Å². The van der Waals surface area contributed by atoms with Gasteiger partial charge in [0, 0.05) is 6.54 Å². The predicted molar refractivity (Wildman–Crippen MR) is 122 cm³/mol. The Kier molecular flexibility index (Phi) is 14.4. The quantitative estimate of drug-likeness (QED) is 0.0603. The highest BCUT2D eigenvalue weighted by Gasteiger charge is 2.29. The van der Waals surface area contributed by atoms with Crippen LogP contribution in [-0.4, -0.2) is 83.2 Å². The molecule has 14 heteroatoms. The van der Waals surface area contributed by atoms with E-state index in [0.717, 1.165) is 0 Å². The van der Waals surface area contributed by atoms with Gasteiger partial charge in [-0.15, -0.1) is 0 Å². The lowest BCUT2D eigenvalue weighted by molar-refractivity contribution is -0.142. The van der Waals surface area contributed by atoms with Crippen LogP contribution in [0.3, 0.4) is 0 Å². The number of aliphatic imine (C=N–C) groups is 1. The van der Waals surface area contributed by atoms with Crippen LogP contribution in [0.2, 0.25) is 0 Å². The first-order chi connectivity index (χ1) is 15.4. The average Bonchev–Trinajstić information content (AvgIpc) is 2.73. The van der Waals surface area contributed by atoms with Gasteiger partial charge in [0.2, 0.25) is 17.7 Å². The smallest absolute Gasteiger partial charge is 0.326 e. The van der Waals surface area contributed by atoms with Gasteiger partial charge in [-0.1, -0.05) is 0 Å². The van der Waals surface area contributed by atoms with Crippen LogP contribution < -0.4 is 38.9 Å². The number of rotatable bonds is 16. The first kappa shape index (κ1) is 30.0. The first-order valence-electron chi connectivity index (χ1n) is 10.7. The Hall–Kier alpha value is -2.97. The Morgan fingerprint density at radius 2 is 1.45 bits per heavy atom. The van der Waals surface area contributed by atoms with Crippen LogP contribution in [0.4, 0.5) is 0 Å². The van der Waals surface area contributed by atoms with E-state index < -0.39 is 54.0 Å². The maximum atomic E-state index is 12.7. The third-order valence-electron chi connectivity index (χ3n) is 4.71. The molecule has 13 N–H and O–H groups in total. The Morgan fingerprint density at radius 1 is 0.879 bits per heavy atom. The van der Waals surface area contributed by atoms with Crippen LogP contribution in [0.15, 0.2) is 4.99 Å². The Morgan fingerprint density at radius 3 is 1.97 bits per heavy atom. The SMILES string of the molecule is CC(NC(=O)C(CCCN=C(N)N)NC(=O)C(N)C(C)O)C(=O)NC(CCCCN)C(=O)O. The van der Waals surface area contributed by atoms with Crippen LogP contribution in [0.5, 0.6) is 0 Å². The number of guanidine groups is 1. The second-order valence-electron chi connectivity index (χ2n) is 7.69. The van der Waals surface area contributed by atoms with E-state index in [1.54, 1.807) is 0 Å². The van der Waals surface area contributed by atoms with Crippen LogP contribution in [0.1, 0.15) is 46.0 Å². The first-order valence-corrected chi connectivity index (χ1v) is 10.7. The maximum absolute atomic E-state index is 12.7. The summed E-state index contributed by atoms with van der Waals surface area (Å²) in [4.78, 5) is 52.5. The van der Waals surface area contributed by atoms with Gasteiger partial charge in [0.05, 0.1) is 6.10 Å². The standard InChI is InChI=1S/C19H38N8O6/c1-10(15(29)27-13(18(32)33)6-3-4-8-20)25-16(30)12(7-5-9-24-19(22)23)26-17(31)14(21)11(2)28/h10-14,28H,3-9,20-21H2,1-2H3,(H,25,30)(H,26,31)(H,27,29)(H,32,33)(H4,22,23,24). The van der Waals surface area contributed by atoms with E-state index in [9.17, 15) is 29.4 Å². The lowest BCUT2D eigenvalue weighted by Gasteiger charge is -2.24. The highest BCUT2D eigenvalue weighted by molar-refractivity contribution is 5.94. The van der Waals surface area contributed by atoms with E-state index in [1.165, 1.54) is 13.8 Å². The molecule has 14 nitrogen and oxygen atoms in total. The van der Waals surface area contributed by atoms with Crippen molar-refractivity contribution in [2.75, 3.05) is 13.1 Å². The molecule has 0 fully saturated rings. The molecule has 0 radical (unpaired) electrons. The van der Waals surface area contributed by atoms with Crippen LogP contribution in [0, 0.1) is 0 Å². The molecule has 0 heterocycles. The molecule has 0 aromatic heterocycles. The number of nitrogens with zero attached hydrogens (tertiary/aromatic N) is 1. The van der Waals surface area contributed by atoms with Crippen LogP contribution in [-0.2, 0) is 19.2 Å². The van der Waals surface area contributed by atoms with E-state index in [0.29, 0.717) is 25.8 Å². The fourth-order valence-corrected chi connectivity index (χ4v) is 2.69. The number of aliphatic hydroxyl groups excluding tert-OH is 1. The van der Waals surface area contributed by atoms with Crippen molar-refractivity contribution >= 4 is 29.7 Å². The van der Waals surface area contributed by atoms with Crippen molar-refractivity contribution in [1.82, 2.24) is 16.0 Å². The minimum atomic E-state index is -1.26. The van der Waals surface area contributed by atoms with Gasteiger partial charge < -0.3 is 49.1 Å². The van der Waals surface area contributed by atoms with Crippen molar-refractivity contribution in [1.29, 1.82) is 0 Å². The fraction of sp³-hybridized carbons (Fsp3) is 0.737. The minimum Gasteiger partial charge on any atom is -0.480 e. The van der Waals surface area contributed by atoms with Crippen molar-refractivity contribution < 1.29 is 29.4 Å². The zero-order chi connectivity index (χ0) is 25.6. The van der Waals surface area contributed by atoms with Crippen LogP contribution >= 0.6 is 0 Å². The molecule has 0 aliphatic carbocycles. The molecule has 5 atom stereocenters. The van der Waals surface area contributed by atoms with Gasteiger partial charge in [-0.3, -0.25) is 19.4 Å². The molecule has 5 unspecified atom stereocenters. The molecule has 0 saturated heterocycles. The third kappa shape index (κ3) is 12.6. The summed E-state index contributed by atoms with van der Waals surface area (Å²) in [6, 6.07) is -4.56. The normalized spacial score (nSPS) is 15.3. The van der Waals surface area contributed by atoms with Gasteiger partial charge in [0.25, 0.3) is 0 Å². The zero-order valence-corrected chi connectivity index (χ0v) is 19.1. The largest absolute Gasteiger partial charge is 0.480 e. The van der Waals surface area contributed by atoms with E-state index in [-0.39, 0.29) is 25.3 Å². The number of carbonyl (C=O) groups is 4. The summed E-state index contributed by atoms with van der Waals surface area (Å²) in [5.41, 5.74) is 21.5. The number of carbonyl (C=O) groups excluding carboxylic acids is 3. The number of carboxylic acid groups (broad SMARTS) is 1. The van der Waals surface area contributed by atoms with Crippen molar-refractivity contribution in [3.05, 3.63) is 0 Å². The average molecular weight is 475 g/mol. The molecule has 33 heavy (non-hydrogen) atoms. The summed E-state index contributed by atoms with van der Waals surface area (Å²) in [5.74, 6) is -3.47. The monoisotopic (exact) mass is 474 g/mol. The number of aliphatic carboxylic acids is 1. The highest BCUT2D eigenvalue weighted by atomic mass is 16.4. The van der Waals surface area contributed by atoms with Gasteiger partial charge in [-0.2, -0.15) is 0 Å². The van der Waals surface area contributed by atoms with E-state index in [1.807, 2.05) is 0 Å². The van der Waals surface area contributed by atoms with E-state index in [2.05, 4.69) is 20.9 Å². The highest BCUT2D eigenvalue weighted by Crippen LogP contribution is 2.04. The lowest BCUT2D eigenvalue weighted by atomic mass is 10.1. The number of unbranched alkanes of at least 4 members (excludes halogenated alkanes) is 1. The van der Waals surface area contributed by atoms with Crippen molar-refractivity contribution in [2.45, 2.75) is 76.2 Å². The number of hydrogen-bond donors (Lipinski definition) is 9. The van der Waals surface area contributed by atoms with Gasteiger partial charge in [-0.05, 0) is 52.5 Å². The predicted octanol–water partition coefficient (Wildman–Crippen LogP) is -3.56. The topological polar surface area (TPSA) is 261 Å². The summed E-state index contributed by atoms with van der Waals surface area (Å²) < 4.78 is 0. The van der Waals surface area contributed by atoms with Crippen molar-refractivity contribution in [2.24, 2.45) is 27.9 Å². The number of aliphatic hydroxyl groups is 1. The summed E-state index contributed by atoms with van der Waals surface area (Å²) in [6.45, 7) is 3.31. The number of nitrogens with one attached hydrogen (secondary N) is 3. The third-order valence-corrected chi connectivity index (χ3v) is 4.71. The summed E-state index contributed by atoms with van der Waals surface area (Å²) in [7, 11) is 0. The number of carboxylic acids is 1. The maximum Gasteiger partial charge on any atom is 0.326 e. The van der Waals surface area contributed by atoms with Gasteiger partial charge >= 0.3 is 5.97 Å². The molecule has 0 aromatic carbocycles. The molecule has 0 saturated carbocycles. The van der Waals surface area contributed by atoms with Crippen molar-refractivity contribution in [3.63, 3.8) is 0 Å². The molecule has 3 amide bonds. The minimum absolute atomic E-state index is 0.117. The fourth-order valence-electron chi connectivity index (χ4n) is 2.69. The molecule has 0 aliphatic heterocycles. The summed E-state index contributed by atoms with van der Waals surface area (Å²) >= 11 is 0. The number of amides is 3. The molecule has 0 aliphatic rings. The lowest BCUT2D eigenvalue weighted by Crippen LogP contribution is -2.57. The molecular formula is C19H38N8O6. The van der Waals surface area contributed by atoms with E-state index in [4.69, 9.17) is 22.9 Å². The Labute approximate surface area is 192 Å². The number of nitrogens with two attached hydrogens (primary N) is 4. The summed E-state index contributed by atoms with van der Waals surface area (Å²) in [5, 5.41) is 26.1. The second kappa shape index (κ2) is 15.8. The molecule has 0 aromatic rings. The molecule has 190 valence electrons. The molecule has 0 spiro atoms. The van der Waals surface area contributed by atoms with Crippen LogP contribution in [0.25, 0.3) is 0 Å². The molecule has 0 bridgehead atoms. The van der Waals surface area contributed by atoms with Gasteiger partial charge in [-0.25, -0.2) is 4.79 Å². The van der Waals surface area contributed by atoms with Crippen molar-refractivity contribution in [3.8, 4) is 0 Å². The Bertz CT molecular complexity index is 683. The van der Waals surface area contributed by atoms with Gasteiger partial charge in [0.15, 0.2) is 5.96 Å². The molecular weight excluding hydrogens is 436 g/mol.